The maximum absolute atomic E-state index is 13.2. The molecule has 2 aromatic heterocycles. The molecule has 0 atom stereocenters. The maximum atomic E-state index is 13.2. The second-order valence-electron chi connectivity index (χ2n) is 7.16. The lowest BCUT2D eigenvalue weighted by Gasteiger charge is -2.29. The summed E-state index contributed by atoms with van der Waals surface area (Å²) in [4.78, 5) is 19.7. The molecule has 0 N–H and O–H groups in total. The van der Waals surface area contributed by atoms with Crippen LogP contribution >= 0.6 is 0 Å². The number of benzene rings is 1. The van der Waals surface area contributed by atoms with E-state index < -0.39 is 0 Å². The van der Waals surface area contributed by atoms with Crippen LogP contribution in [0, 0.1) is 5.92 Å². The van der Waals surface area contributed by atoms with E-state index in [0.29, 0.717) is 18.2 Å². The third-order valence-corrected chi connectivity index (χ3v) is 5.23. The van der Waals surface area contributed by atoms with Gasteiger partial charge in [0.2, 0.25) is 0 Å². The topological polar surface area (TPSA) is 46.3 Å². The highest BCUT2D eigenvalue weighted by atomic mass is 16.3. The molecule has 134 valence electrons. The number of furan rings is 1. The zero-order valence-electron chi connectivity index (χ0n) is 14.9. The summed E-state index contributed by atoms with van der Waals surface area (Å²) < 4.78 is 5.50. The van der Waals surface area contributed by atoms with Crippen molar-refractivity contribution in [3.05, 3.63) is 66.2 Å². The zero-order valence-corrected chi connectivity index (χ0v) is 14.9. The van der Waals surface area contributed by atoms with Gasteiger partial charge in [-0.2, -0.15) is 0 Å². The van der Waals surface area contributed by atoms with Gasteiger partial charge in [0.15, 0.2) is 0 Å². The first kappa shape index (κ1) is 16.8. The number of carbonyl (C=O) groups excluding carboxylic acids is 1. The Hall–Kier alpha value is -2.62. The average molecular weight is 348 g/mol. The summed E-state index contributed by atoms with van der Waals surface area (Å²) in [7, 11) is 0. The van der Waals surface area contributed by atoms with Crippen molar-refractivity contribution in [2.24, 2.45) is 5.92 Å². The fraction of sp³-hybridized carbons (Fsp3) is 0.364. The quantitative estimate of drug-likeness (QED) is 0.648. The van der Waals surface area contributed by atoms with Crippen molar-refractivity contribution >= 4 is 16.8 Å². The molecule has 0 saturated heterocycles. The Bertz CT molecular complexity index is 867. The smallest absolute Gasteiger partial charge is 0.272 e. The lowest BCUT2D eigenvalue weighted by Crippen LogP contribution is -2.36. The van der Waals surface area contributed by atoms with E-state index in [1.54, 1.807) is 6.26 Å². The van der Waals surface area contributed by atoms with Gasteiger partial charge in [-0.3, -0.25) is 4.79 Å². The highest BCUT2D eigenvalue weighted by Crippen LogP contribution is 2.26. The minimum absolute atomic E-state index is 0.0160. The highest BCUT2D eigenvalue weighted by molar-refractivity contribution is 5.94. The number of nitrogens with zero attached hydrogens (tertiary/aromatic N) is 2. The van der Waals surface area contributed by atoms with Crippen LogP contribution in [0.1, 0.15) is 48.4 Å². The first-order valence-electron chi connectivity index (χ1n) is 9.47. The van der Waals surface area contributed by atoms with Crippen LogP contribution in [-0.2, 0) is 6.54 Å². The molecule has 2 heterocycles. The number of hydrogen-bond donors (Lipinski definition) is 0. The van der Waals surface area contributed by atoms with Crippen molar-refractivity contribution < 1.29 is 9.21 Å². The van der Waals surface area contributed by atoms with Crippen LogP contribution in [0.15, 0.2) is 59.2 Å². The number of amides is 1. The van der Waals surface area contributed by atoms with Crippen molar-refractivity contribution in [1.82, 2.24) is 9.88 Å². The van der Waals surface area contributed by atoms with Gasteiger partial charge in [0.05, 0.1) is 18.3 Å². The summed E-state index contributed by atoms with van der Waals surface area (Å²) in [5, 5.41) is 1.05. The van der Waals surface area contributed by atoms with Gasteiger partial charge in [-0.05, 0) is 43.0 Å². The van der Waals surface area contributed by atoms with Crippen molar-refractivity contribution in [2.45, 2.75) is 38.6 Å². The van der Waals surface area contributed by atoms with Crippen LogP contribution in [0.3, 0.4) is 0 Å². The van der Waals surface area contributed by atoms with E-state index in [0.717, 1.165) is 23.2 Å². The molecule has 1 aromatic carbocycles. The Kier molecular flexibility index (Phi) is 5.00. The molecular weight excluding hydrogens is 324 g/mol. The van der Waals surface area contributed by atoms with E-state index in [1.165, 1.54) is 32.1 Å². The first-order chi connectivity index (χ1) is 12.8. The van der Waals surface area contributed by atoms with Gasteiger partial charge in [-0.1, -0.05) is 43.5 Å². The molecule has 4 heteroatoms. The molecule has 1 fully saturated rings. The van der Waals surface area contributed by atoms with Gasteiger partial charge < -0.3 is 9.32 Å². The molecule has 26 heavy (non-hydrogen) atoms. The highest BCUT2D eigenvalue weighted by Gasteiger charge is 2.23. The van der Waals surface area contributed by atoms with E-state index in [4.69, 9.17) is 4.42 Å². The normalized spacial score (nSPS) is 15.2. The second kappa shape index (κ2) is 7.73. The van der Waals surface area contributed by atoms with Crippen LogP contribution in [0.25, 0.3) is 10.9 Å². The van der Waals surface area contributed by atoms with Gasteiger partial charge in [0.25, 0.3) is 5.91 Å². The summed E-state index contributed by atoms with van der Waals surface area (Å²) in [6, 6.07) is 15.5. The van der Waals surface area contributed by atoms with Gasteiger partial charge in [0.1, 0.15) is 11.5 Å². The van der Waals surface area contributed by atoms with E-state index in [-0.39, 0.29) is 5.91 Å². The van der Waals surface area contributed by atoms with Crippen LogP contribution in [0.2, 0.25) is 0 Å². The first-order valence-corrected chi connectivity index (χ1v) is 9.47. The number of pyridine rings is 1. The van der Waals surface area contributed by atoms with Crippen molar-refractivity contribution in [1.29, 1.82) is 0 Å². The standard InChI is InChI=1S/C22H24N2O2/c25-22(21-13-12-18-9-4-5-11-20(18)23-21)24(16-19-10-6-14-26-19)15-17-7-2-1-3-8-17/h4-6,9-14,17H,1-3,7-8,15-16H2. The van der Waals surface area contributed by atoms with E-state index in [9.17, 15) is 4.79 Å². The monoisotopic (exact) mass is 348 g/mol. The Morgan fingerprint density at radius 2 is 1.88 bits per heavy atom. The Balaban J connectivity index is 1.58. The van der Waals surface area contributed by atoms with E-state index >= 15 is 0 Å². The van der Waals surface area contributed by atoms with Crippen LogP contribution in [0.4, 0.5) is 0 Å². The lowest BCUT2D eigenvalue weighted by molar-refractivity contribution is 0.0680. The molecule has 0 spiro atoms. The fourth-order valence-corrected chi connectivity index (χ4v) is 3.84. The number of para-hydroxylation sites is 1. The van der Waals surface area contributed by atoms with Gasteiger partial charge in [0, 0.05) is 11.9 Å². The van der Waals surface area contributed by atoms with Crippen molar-refractivity contribution in [3.8, 4) is 0 Å². The molecule has 0 unspecified atom stereocenters. The summed E-state index contributed by atoms with van der Waals surface area (Å²) in [6.07, 6.45) is 7.91. The minimum atomic E-state index is -0.0160. The molecule has 0 aliphatic heterocycles. The lowest BCUT2D eigenvalue weighted by atomic mass is 9.89. The number of carbonyl (C=O) groups is 1. The van der Waals surface area contributed by atoms with E-state index in [1.807, 2.05) is 53.4 Å². The third kappa shape index (κ3) is 3.79. The Labute approximate surface area is 153 Å². The summed E-state index contributed by atoms with van der Waals surface area (Å²) >= 11 is 0. The number of fused-ring (bicyclic) bond motifs is 1. The molecular formula is C22H24N2O2. The van der Waals surface area contributed by atoms with Crippen LogP contribution in [0.5, 0.6) is 0 Å². The van der Waals surface area contributed by atoms with Gasteiger partial charge >= 0.3 is 0 Å². The third-order valence-electron chi connectivity index (χ3n) is 5.23. The molecule has 1 aliphatic carbocycles. The largest absolute Gasteiger partial charge is 0.467 e. The fourth-order valence-electron chi connectivity index (χ4n) is 3.84. The zero-order chi connectivity index (χ0) is 17.8. The summed E-state index contributed by atoms with van der Waals surface area (Å²) in [5.74, 6) is 1.37. The predicted molar refractivity (Wildman–Crippen MR) is 102 cm³/mol. The minimum Gasteiger partial charge on any atom is -0.467 e. The molecule has 0 bridgehead atoms. The van der Waals surface area contributed by atoms with Crippen LogP contribution in [-0.4, -0.2) is 22.3 Å². The van der Waals surface area contributed by atoms with Crippen molar-refractivity contribution in [2.75, 3.05) is 6.54 Å². The van der Waals surface area contributed by atoms with Crippen LogP contribution < -0.4 is 0 Å². The van der Waals surface area contributed by atoms with Gasteiger partial charge in [-0.15, -0.1) is 0 Å². The molecule has 4 nitrogen and oxygen atoms in total. The summed E-state index contributed by atoms with van der Waals surface area (Å²) in [5.41, 5.74) is 1.36. The SMILES string of the molecule is O=C(c1ccc2ccccc2n1)N(Cc1ccco1)CC1CCCCC1. The number of rotatable bonds is 5. The Morgan fingerprint density at radius 3 is 2.69 bits per heavy atom. The molecule has 3 aromatic rings. The van der Waals surface area contributed by atoms with E-state index in [2.05, 4.69) is 4.98 Å². The van der Waals surface area contributed by atoms with Gasteiger partial charge in [-0.25, -0.2) is 4.98 Å². The number of aromatic nitrogens is 1. The second-order valence-corrected chi connectivity index (χ2v) is 7.16. The number of hydrogen-bond acceptors (Lipinski definition) is 3. The Morgan fingerprint density at radius 1 is 1.04 bits per heavy atom. The molecule has 1 aliphatic rings. The molecule has 1 saturated carbocycles. The van der Waals surface area contributed by atoms with Crippen molar-refractivity contribution in [3.63, 3.8) is 0 Å². The average Bonchev–Trinajstić information content (AvgIpc) is 3.20. The molecule has 4 rings (SSSR count). The molecule has 0 radical (unpaired) electrons. The molecule has 1 amide bonds. The maximum Gasteiger partial charge on any atom is 0.272 e. The predicted octanol–water partition coefficient (Wildman–Crippen LogP) is 5.05. The summed E-state index contributed by atoms with van der Waals surface area (Å²) in [6.45, 7) is 1.27.